The number of para-hydroxylation sites is 1. The highest BCUT2D eigenvalue weighted by Crippen LogP contribution is 2.63. The van der Waals surface area contributed by atoms with Gasteiger partial charge in [-0.1, -0.05) is 102 Å². The maximum absolute atomic E-state index is 13.9. The summed E-state index contributed by atoms with van der Waals surface area (Å²) in [5, 5.41) is 1.21. The Hall–Kier alpha value is -6.19. The quantitative estimate of drug-likeness (QED) is 0.182. The van der Waals surface area contributed by atoms with Gasteiger partial charge in [0.25, 0.3) is 0 Å². The molecule has 7 aromatic carbocycles. The van der Waals surface area contributed by atoms with Crippen molar-refractivity contribution >= 4 is 39.0 Å². The highest BCUT2D eigenvalue weighted by atomic mass is 16.3. The molecule has 0 N–H and O–H groups in total. The van der Waals surface area contributed by atoms with E-state index >= 15 is 0 Å². The first-order chi connectivity index (χ1) is 24.0. The largest absolute Gasteiger partial charge is 0.456 e. The number of benzene rings is 7. The van der Waals surface area contributed by atoms with Crippen LogP contribution in [0.4, 0.5) is 17.1 Å². The number of anilines is 3. The van der Waals surface area contributed by atoms with Gasteiger partial charge in [-0.3, -0.25) is 4.79 Å². The highest BCUT2D eigenvalue weighted by Gasteiger charge is 2.52. The lowest BCUT2D eigenvalue weighted by Crippen LogP contribution is -2.26. The Morgan fingerprint density at radius 3 is 1.65 bits per heavy atom. The minimum atomic E-state index is -0.599. The van der Waals surface area contributed by atoms with E-state index in [1.54, 1.807) is 0 Å². The minimum absolute atomic E-state index is 0.000530. The number of aryl methyl sites for hydroxylation is 2. The molecule has 0 aliphatic heterocycles. The Morgan fingerprint density at radius 1 is 0.449 bits per heavy atom. The van der Waals surface area contributed by atoms with Crippen molar-refractivity contribution in [2.75, 3.05) is 4.90 Å². The molecule has 8 aromatic rings. The van der Waals surface area contributed by atoms with Gasteiger partial charge >= 0.3 is 0 Å². The fourth-order valence-corrected chi connectivity index (χ4v) is 8.39. The van der Waals surface area contributed by atoms with E-state index in [-0.39, 0.29) is 5.43 Å². The number of hydrogen-bond acceptors (Lipinski definition) is 3. The molecule has 0 fully saturated rings. The van der Waals surface area contributed by atoms with Gasteiger partial charge in [0.2, 0.25) is 5.43 Å². The van der Waals surface area contributed by atoms with Crippen molar-refractivity contribution in [3.05, 3.63) is 195 Å². The van der Waals surface area contributed by atoms with Crippen LogP contribution in [0.1, 0.15) is 33.4 Å². The van der Waals surface area contributed by atoms with Crippen LogP contribution in [0, 0.1) is 13.8 Å². The first-order valence-electron chi connectivity index (χ1n) is 16.8. The molecule has 0 saturated carbocycles. The number of hydrogen-bond donors (Lipinski definition) is 0. The minimum Gasteiger partial charge on any atom is -0.456 e. The van der Waals surface area contributed by atoms with Gasteiger partial charge in [-0.2, -0.15) is 0 Å². The second-order valence-electron chi connectivity index (χ2n) is 13.4. The third kappa shape index (κ3) is 3.81. The molecule has 1 heterocycles. The van der Waals surface area contributed by atoms with Crippen molar-refractivity contribution < 1.29 is 4.42 Å². The van der Waals surface area contributed by atoms with Crippen molar-refractivity contribution in [3.8, 4) is 22.3 Å². The lowest BCUT2D eigenvalue weighted by atomic mass is 9.70. The van der Waals surface area contributed by atoms with E-state index < -0.39 is 5.41 Å². The third-order valence-electron chi connectivity index (χ3n) is 10.6. The van der Waals surface area contributed by atoms with E-state index in [1.807, 2.05) is 24.3 Å². The lowest BCUT2D eigenvalue weighted by Gasteiger charge is -2.32. The van der Waals surface area contributed by atoms with Gasteiger partial charge in [0, 0.05) is 17.1 Å². The van der Waals surface area contributed by atoms with E-state index in [1.165, 1.54) is 38.9 Å². The molecule has 1 atom stereocenters. The first-order valence-corrected chi connectivity index (χ1v) is 16.8. The van der Waals surface area contributed by atoms with Crippen molar-refractivity contribution in [2.24, 2.45) is 0 Å². The Labute approximate surface area is 284 Å². The van der Waals surface area contributed by atoms with Gasteiger partial charge in [-0.15, -0.1) is 0 Å². The smallest absolute Gasteiger partial charge is 0.200 e. The fourth-order valence-electron chi connectivity index (χ4n) is 8.39. The summed E-state index contributed by atoms with van der Waals surface area (Å²) in [4.78, 5) is 16.2. The zero-order chi connectivity index (χ0) is 32.9. The van der Waals surface area contributed by atoms with E-state index in [0.29, 0.717) is 21.9 Å². The predicted molar refractivity (Wildman–Crippen MR) is 200 cm³/mol. The molecule has 0 radical (unpaired) electrons. The van der Waals surface area contributed by atoms with Gasteiger partial charge in [0.1, 0.15) is 11.2 Å². The van der Waals surface area contributed by atoms with Crippen molar-refractivity contribution in [2.45, 2.75) is 19.3 Å². The van der Waals surface area contributed by atoms with Crippen LogP contribution in [-0.4, -0.2) is 0 Å². The summed E-state index contributed by atoms with van der Waals surface area (Å²) in [6.45, 7) is 4.25. The molecule has 0 amide bonds. The molecular weight excluding hydrogens is 599 g/mol. The summed E-state index contributed by atoms with van der Waals surface area (Å²) >= 11 is 0. The number of rotatable bonds is 3. The third-order valence-corrected chi connectivity index (χ3v) is 10.6. The number of nitrogens with zero attached hydrogens (tertiary/aromatic N) is 1. The number of fused-ring (bicyclic) bond motifs is 12. The van der Waals surface area contributed by atoms with E-state index in [9.17, 15) is 4.79 Å². The summed E-state index contributed by atoms with van der Waals surface area (Å²) in [6, 6.07) is 53.7. The van der Waals surface area contributed by atoms with Gasteiger partial charge in [0.15, 0.2) is 0 Å². The Morgan fingerprint density at radius 2 is 0.980 bits per heavy atom. The van der Waals surface area contributed by atoms with Gasteiger partial charge < -0.3 is 9.32 Å². The monoisotopic (exact) mass is 629 g/mol. The maximum atomic E-state index is 13.9. The van der Waals surface area contributed by atoms with Crippen molar-refractivity contribution in [1.29, 1.82) is 0 Å². The molecule has 2 aliphatic rings. The molecule has 0 bridgehead atoms. The normalized spacial score (nSPS) is 15.3. The van der Waals surface area contributed by atoms with E-state index in [4.69, 9.17) is 4.42 Å². The van der Waals surface area contributed by atoms with Crippen LogP contribution in [0.2, 0.25) is 0 Å². The summed E-state index contributed by atoms with van der Waals surface area (Å²) in [6.07, 6.45) is 0. The fraction of sp³-hybridized carbons (Fsp3) is 0.0652. The molecule has 2 aliphatic carbocycles. The van der Waals surface area contributed by atoms with Crippen LogP contribution in [0.3, 0.4) is 0 Å². The molecule has 10 rings (SSSR count). The molecule has 49 heavy (non-hydrogen) atoms. The second-order valence-corrected chi connectivity index (χ2v) is 13.4. The van der Waals surface area contributed by atoms with Gasteiger partial charge in [0.05, 0.1) is 16.2 Å². The molecule has 3 heteroatoms. The first kappa shape index (κ1) is 27.9. The predicted octanol–water partition coefficient (Wildman–Crippen LogP) is 11.4. The lowest BCUT2D eigenvalue weighted by molar-refractivity contribution is 0.657. The van der Waals surface area contributed by atoms with Crippen molar-refractivity contribution in [3.63, 3.8) is 0 Å². The second kappa shape index (κ2) is 10.2. The molecule has 0 saturated heterocycles. The van der Waals surface area contributed by atoms with E-state index in [2.05, 4.69) is 146 Å². The summed E-state index contributed by atoms with van der Waals surface area (Å²) in [5.74, 6) is 0. The molecule has 1 unspecified atom stereocenters. The summed E-state index contributed by atoms with van der Waals surface area (Å²) in [5.41, 5.74) is 15.8. The maximum Gasteiger partial charge on any atom is 0.200 e. The molecule has 232 valence electrons. The standard InChI is InChI=1S/C46H31NO2/c1-28-15-19-30(20-16-28)47(31-21-17-29(2)18-22-31)32-23-24-35-33-9-3-6-12-39(33)46(41(35)25-32)40-13-7-4-10-34(40)37-26-38-44(27-42(37)46)49-43-14-8-5-11-36(43)45(38)48/h3-27H,1-2H3. The summed E-state index contributed by atoms with van der Waals surface area (Å²) < 4.78 is 6.52. The van der Waals surface area contributed by atoms with Gasteiger partial charge in [-0.05, 0) is 119 Å². The van der Waals surface area contributed by atoms with Crippen LogP contribution in [0.15, 0.2) is 161 Å². The zero-order valence-corrected chi connectivity index (χ0v) is 27.2. The molecule has 1 aromatic heterocycles. The van der Waals surface area contributed by atoms with Crippen molar-refractivity contribution in [1.82, 2.24) is 0 Å². The van der Waals surface area contributed by atoms with Crippen LogP contribution in [-0.2, 0) is 5.41 Å². The van der Waals surface area contributed by atoms with Crippen LogP contribution in [0.5, 0.6) is 0 Å². The SMILES string of the molecule is Cc1ccc(N(c2ccc(C)cc2)c2ccc3c(c2)C2(c4ccccc4-3)c3ccccc3-c3cc4c(=O)c5ccccc5oc4cc32)cc1. The Kier molecular flexibility index (Phi) is 5.78. The summed E-state index contributed by atoms with van der Waals surface area (Å²) in [7, 11) is 0. The van der Waals surface area contributed by atoms with Crippen LogP contribution < -0.4 is 10.3 Å². The topological polar surface area (TPSA) is 33.5 Å². The average molecular weight is 630 g/mol. The Balaban J connectivity index is 1.30. The van der Waals surface area contributed by atoms with Crippen LogP contribution >= 0.6 is 0 Å². The van der Waals surface area contributed by atoms with Gasteiger partial charge in [-0.25, -0.2) is 0 Å². The zero-order valence-electron chi connectivity index (χ0n) is 27.2. The average Bonchev–Trinajstić information content (AvgIpc) is 3.59. The highest BCUT2D eigenvalue weighted by molar-refractivity contribution is 6.01. The molecular formula is C46H31NO2. The Bertz CT molecular complexity index is 2660. The molecule has 1 spiro atoms. The molecule has 3 nitrogen and oxygen atoms in total. The van der Waals surface area contributed by atoms with E-state index in [0.717, 1.165) is 33.8 Å². The van der Waals surface area contributed by atoms with Crippen LogP contribution in [0.25, 0.3) is 44.2 Å².